The molecule has 0 bridgehead atoms. The van der Waals surface area contributed by atoms with Crippen molar-refractivity contribution in [2.45, 2.75) is 64.3 Å². The highest BCUT2D eigenvalue weighted by Gasteiger charge is 2.24. The molecule has 3 rings (SSSR count). The molecule has 0 aromatic carbocycles. The van der Waals surface area contributed by atoms with Crippen LogP contribution in [0.15, 0.2) is 10.7 Å². The van der Waals surface area contributed by atoms with E-state index in [1.54, 1.807) is 0 Å². The first kappa shape index (κ1) is 16.7. The molecular weight excluding hydrogens is 306 g/mol. The topological polar surface area (TPSA) is 85.8 Å². The van der Waals surface area contributed by atoms with Crippen LogP contribution in [0.25, 0.3) is 0 Å². The Morgan fingerprint density at radius 3 is 3.17 bits per heavy atom. The second kappa shape index (κ2) is 7.59. The number of aryl methyl sites for hydroxylation is 3. The van der Waals surface area contributed by atoms with Gasteiger partial charge < -0.3 is 9.84 Å². The fourth-order valence-electron chi connectivity index (χ4n) is 3.24. The molecule has 24 heavy (non-hydrogen) atoms. The van der Waals surface area contributed by atoms with E-state index in [0.29, 0.717) is 25.2 Å². The Bertz CT molecular complexity index is 691. The third-order valence-electron chi connectivity index (χ3n) is 4.49. The average Bonchev–Trinajstić information content (AvgIpc) is 3.16. The Balaban J connectivity index is 1.46. The number of nitrogens with one attached hydrogen (secondary N) is 1. The van der Waals surface area contributed by atoms with Crippen LogP contribution in [0.3, 0.4) is 0 Å². The van der Waals surface area contributed by atoms with E-state index in [9.17, 15) is 4.79 Å². The van der Waals surface area contributed by atoms with Gasteiger partial charge in [0.2, 0.25) is 11.8 Å². The summed E-state index contributed by atoms with van der Waals surface area (Å²) in [6.07, 6.45) is 8.64. The average molecular weight is 331 g/mol. The lowest BCUT2D eigenvalue weighted by Gasteiger charge is -2.23. The zero-order valence-corrected chi connectivity index (χ0v) is 14.4. The monoisotopic (exact) mass is 331 g/mol. The van der Waals surface area contributed by atoms with Crippen LogP contribution in [-0.4, -0.2) is 25.8 Å². The van der Waals surface area contributed by atoms with Gasteiger partial charge in [0.25, 0.3) is 0 Å². The summed E-state index contributed by atoms with van der Waals surface area (Å²) in [6.45, 7) is 2.08. The van der Waals surface area contributed by atoms with Crippen molar-refractivity contribution in [3.05, 3.63) is 29.2 Å². The maximum atomic E-state index is 12.2. The fourth-order valence-corrected chi connectivity index (χ4v) is 3.24. The highest BCUT2D eigenvalue weighted by atomic mass is 16.5. The van der Waals surface area contributed by atoms with E-state index in [4.69, 9.17) is 4.52 Å². The lowest BCUT2D eigenvalue weighted by Crippen LogP contribution is -2.30. The van der Waals surface area contributed by atoms with Gasteiger partial charge in [-0.25, -0.2) is 0 Å². The molecule has 2 heterocycles. The van der Waals surface area contributed by atoms with E-state index in [1.807, 2.05) is 17.9 Å². The number of aromatic nitrogens is 4. The molecule has 0 saturated heterocycles. The standard InChI is InChI=1S/C17H25N5O2/c1-3-6-15-20-17(24-21-15)10-5-9-16(23)19-13-7-4-8-14-12(13)11-18-22(14)2/h11,13H,3-10H2,1-2H3,(H,19,23). The van der Waals surface area contributed by atoms with E-state index in [-0.39, 0.29) is 11.9 Å². The summed E-state index contributed by atoms with van der Waals surface area (Å²) < 4.78 is 7.11. The van der Waals surface area contributed by atoms with Crippen LogP contribution < -0.4 is 5.32 Å². The van der Waals surface area contributed by atoms with Crippen molar-refractivity contribution in [2.24, 2.45) is 7.05 Å². The summed E-state index contributed by atoms with van der Waals surface area (Å²) in [4.78, 5) is 16.5. The van der Waals surface area contributed by atoms with Gasteiger partial charge in [-0.15, -0.1) is 0 Å². The van der Waals surface area contributed by atoms with Gasteiger partial charge in [0, 0.05) is 37.6 Å². The Hall–Kier alpha value is -2.18. The zero-order chi connectivity index (χ0) is 16.9. The molecule has 1 N–H and O–H groups in total. The third kappa shape index (κ3) is 3.83. The summed E-state index contributed by atoms with van der Waals surface area (Å²) in [7, 11) is 1.96. The third-order valence-corrected chi connectivity index (χ3v) is 4.49. The van der Waals surface area contributed by atoms with Gasteiger partial charge in [-0.3, -0.25) is 9.48 Å². The summed E-state index contributed by atoms with van der Waals surface area (Å²) in [6, 6.07) is 0.0921. The summed E-state index contributed by atoms with van der Waals surface area (Å²) >= 11 is 0. The molecule has 2 aromatic heterocycles. The van der Waals surface area contributed by atoms with Gasteiger partial charge >= 0.3 is 0 Å². The molecule has 1 atom stereocenters. The van der Waals surface area contributed by atoms with Crippen molar-refractivity contribution < 1.29 is 9.32 Å². The normalized spacial score (nSPS) is 16.8. The molecule has 0 aliphatic heterocycles. The lowest BCUT2D eigenvalue weighted by molar-refractivity contribution is -0.122. The second-order valence-electron chi connectivity index (χ2n) is 6.39. The van der Waals surface area contributed by atoms with Gasteiger partial charge in [0.15, 0.2) is 5.82 Å². The number of hydrogen-bond acceptors (Lipinski definition) is 5. The minimum Gasteiger partial charge on any atom is -0.349 e. The summed E-state index contributed by atoms with van der Waals surface area (Å²) in [5.74, 6) is 1.45. The number of carbonyl (C=O) groups is 1. The smallest absolute Gasteiger partial charge is 0.226 e. The van der Waals surface area contributed by atoms with Crippen LogP contribution in [0.4, 0.5) is 0 Å². The summed E-state index contributed by atoms with van der Waals surface area (Å²) in [5, 5.41) is 11.4. The maximum absolute atomic E-state index is 12.2. The molecule has 2 aromatic rings. The number of hydrogen-bond donors (Lipinski definition) is 1. The molecule has 0 radical (unpaired) electrons. The van der Waals surface area contributed by atoms with Crippen molar-refractivity contribution in [1.82, 2.24) is 25.2 Å². The highest BCUT2D eigenvalue weighted by Crippen LogP contribution is 2.29. The predicted molar refractivity (Wildman–Crippen MR) is 88.3 cm³/mol. The Labute approximate surface area is 141 Å². The minimum absolute atomic E-state index is 0.0741. The van der Waals surface area contributed by atoms with Crippen LogP contribution in [-0.2, 0) is 31.1 Å². The predicted octanol–water partition coefficient (Wildman–Crippen LogP) is 2.27. The number of rotatable bonds is 7. The quantitative estimate of drug-likeness (QED) is 0.841. The molecule has 0 fully saturated rings. The van der Waals surface area contributed by atoms with Gasteiger partial charge in [-0.05, 0) is 32.1 Å². The first-order valence-electron chi connectivity index (χ1n) is 8.79. The molecule has 1 aliphatic carbocycles. The molecular formula is C17H25N5O2. The van der Waals surface area contributed by atoms with E-state index in [1.165, 1.54) is 11.3 Å². The van der Waals surface area contributed by atoms with Gasteiger partial charge in [0.05, 0.1) is 12.2 Å². The zero-order valence-electron chi connectivity index (χ0n) is 14.4. The number of nitrogens with zero attached hydrogens (tertiary/aromatic N) is 4. The molecule has 130 valence electrons. The van der Waals surface area contributed by atoms with Crippen molar-refractivity contribution in [3.8, 4) is 0 Å². The summed E-state index contributed by atoms with van der Waals surface area (Å²) in [5.41, 5.74) is 2.40. The Kier molecular flexibility index (Phi) is 5.27. The van der Waals surface area contributed by atoms with E-state index >= 15 is 0 Å². The van der Waals surface area contributed by atoms with Gasteiger partial charge in [-0.2, -0.15) is 10.1 Å². The van der Waals surface area contributed by atoms with E-state index in [2.05, 4.69) is 27.5 Å². The van der Waals surface area contributed by atoms with Crippen LogP contribution in [0.1, 0.15) is 68.0 Å². The molecule has 0 saturated carbocycles. The molecule has 7 heteroatoms. The fraction of sp³-hybridized carbons (Fsp3) is 0.647. The van der Waals surface area contributed by atoms with Crippen molar-refractivity contribution in [1.29, 1.82) is 0 Å². The van der Waals surface area contributed by atoms with Crippen LogP contribution >= 0.6 is 0 Å². The highest BCUT2D eigenvalue weighted by molar-refractivity contribution is 5.76. The van der Waals surface area contributed by atoms with Crippen molar-refractivity contribution in [3.63, 3.8) is 0 Å². The molecule has 1 aliphatic rings. The lowest BCUT2D eigenvalue weighted by atomic mass is 9.93. The molecule has 7 nitrogen and oxygen atoms in total. The van der Waals surface area contributed by atoms with Gasteiger partial charge in [0.1, 0.15) is 0 Å². The first-order chi connectivity index (χ1) is 11.7. The number of fused-ring (bicyclic) bond motifs is 1. The van der Waals surface area contributed by atoms with Crippen molar-refractivity contribution >= 4 is 5.91 Å². The Morgan fingerprint density at radius 1 is 1.46 bits per heavy atom. The van der Waals surface area contributed by atoms with Gasteiger partial charge in [-0.1, -0.05) is 12.1 Å². The second-order valence-corrected chi connectivity index (χ2v) is 6.39. The number of carbonyl (C=O) groups excluding carboxylic acids is 1. The van der Waals surface area contributed by atoms with Crippen molar-refractivity contribution in [2.75, 3.05) is 0 Å². The molecule has 1 amide bonds. The first-order valence-corrected chi connectivity index (χ1v) is 8.79. The molecule has 0 spiro atoms. The van der Waals surface area contributed by atoms with Crippen LogP contribution in [0.5, 0.6) is 0 Å². The van der Waals surface area contributed by atoms with Crippen LogP contribution in [0, 0.1) is 0 Å². The SMILES string of the molecule is CCCc1noc(CCCC(=O)NC2CCCc3c2cnn3C)n1. The Morgan fingerprint density at radius 2 is 2.33 bits per heavy atom. The molecule has 1 unspecified atom stereocenters. The van der Waals surface area contributed by atoms with Crippen LogP contribution in [0.2, 0.25) is 0 Å². The van der Waals surface area contributed by atoms with E-state index in [0.717, 1.165) is 37.9 Å². The maximum Gasteiger partial charge on any atom is 0.226 e. The largest absolute Gasteiger partial charge is 0.349 e. The van der Waals surface area contributed by atoms with E-state index < -0.39 is 0 Å². The minimum atomic E-state index is 0.0741. The number of amides is 1.